The van der Waals surface area contributed by atoms with Crippen LogP contribution in [0.2, 0.25) is 5.02 Å². The Kier molecular flexibility index (Phi) is 6.98. The Labute approximate surface area is 165 Å². The highest BCUT2D eigenvalue weighted by Gasteiger charge is 2.19. The van der Waals surface area contributed by atoms with Crippen molar-refractivity contribution in [1.82, 2.24) is 15.2 Å². The number of piperazine rings is 1. The fourth-order valence-corrected chi connectivity index (χ4v) is 3.30. The van der Waals surface area contributed by atoms with Crippen LogP contribution in [-0.4, -0.2) is 54.1 Å². The van der Waals surface area contributed by atoms with Crippen molar-refractivity contribution in [3.05, 3.63) is 70.7 Å². The quantitative estimate of drug-likeness (QED) is 0.615. The summed E-state index contributed by atoms with van der Waals surface area (Å²) in [5, 5.41) is 5.02. The lowest BCUT2D eigenvalue weighted by Crippen LogP contribution is -2.48. The Bertz CT molecular complexity index is 786. The molecule has 0 radical (unpaired) electrons. The number of halogens is 1. The van der Waals surface area contributed by atoms with Crippen LogP contribution in [0, 0.1) is 0 Å². The summed E-state index contributed by atoms with van der Waals surface area (Å²) in [6.45, 7) is 6.67. The minimum absolute atomic E-state index is 0.0789. The Hall–Kier alpha value is -2.21. The van der Waals surface area contributed by atoms with Crippen molar-refractivity contribution >= 4 is 23.2 Å². The van der Waals surface area contributed by atoms with Crippen LogP contribution in [0.5, 0.6) is 0 Å². The summed E-state index contributed by atoms with van der Waals surface area (Å²) >= 11 is 6.24. The number of carbonyl (C=O) groups is 1. The molecule has 0 spiro atoms. The molecule has 1 aliphatic heterocycles. The number of nitrogens with one attached hydrogen (secondary N) is 1. The molecule has 1 N–H and O–H groups in total. The van der Waals surface area contributed by atoms with Gasteiger partial charge in [0.2, 0.25) is 0 Å². The number of carbonyl (C=O) groups excluding carboxylic acids is 1. The molecule has 3 rings (SSSR count). The maximum Gasteiger partial charge on any atom is 0.254 e. The molecule has 0 bridgehead atoms. The Morgan fingerprint density at radius 1 is 1.00 bits per heavy atom. The molecule has 1 amide bonds. The van der Waals surface area contributed by atoms with Crippen molar-refractivity contribution in [3.63, 3.8) is 0 Å². The number of nitrogens with zero attached hydrogens (tertiary/aromatic N) is 3. The standard InChI is InChI=1S/C21H25ClN4O/c1-17(18-7-3-2-4-8-18)23-24-21(27)16-26-13-11-25(12-14-26)15-19-9-5-6-10-20(19)22/h2-10H,11-16H2,1H3,(H,24,27). The van der Waals surface area contributed by atoms with E-state index in [1.54, 1.807) is 0 Å². The highest BCUT2D eigenvalue weighted by atomic mass is 35.5. The number of benzene rings is 2. The normalized spacial score (nSPS) is 16.3. The fraction of sp³-hybridized carbons (Fsp3) is 0.333. The first kappa shape index (κ1) is 19.5. The first-order valence-corrected chi connectivity index (χ1v) is 9.56. The largest absolute Gasteiger partial charge is 0.296 e. The Balaban J connectivity index is 1.42. The average Bonchev–Trinajstić information content (AvgIpc) is 2.70. The highest BCUT2D eigenvalue weighted by Crippen LogP contribution is 2.17. The maximum atomic E-state index is 12.2. The zero-order valence-corrected chi connectivity index (χ0v) is 16.3. The van der Waals surface area contributed by atoms with E-state index in [1.807, 2.05) is 55.5 Å². The van der Waals surface area contributed by atoms with E-state index < -0.39 is 0 Å². The molecule has 142 valence electrons. The molecular weight excluding hydrogens is 360 g/mol. The van der Waals surface area contributed by atoms with Crippen LogP contribution in [0.15, 0.2) is 59.7 Å². The molecule has 2 aromatic carbocycles. The third-order valence-electron chi connectivity index (χ3n) is 4.72. The lowest BCUT2D eigenvalue weighted by molar-refractivity contribution is -0.122. The zero-order valence-electron chi connectivity index (χ0n) is 15.6. The summed E-state index contributed by atoms with van der Waals surface area (Å²) in [7, 11) is 0. The van der Waals surface area contributed by atoms with Gasteiger partial charge in [0, 0.05) is 37.7 Å². The van der Waals surface area contributed by atoms with E-state index in [-0.39, 0.29) is 5.91 Å². The van der Waals surface area contributed by atoms with Crippen molar-refractivity contribution in [1.29, 1.82) is 0 Å². The third kappa shape index (κ3) is 5.89. The second-order valence-electron chi connectivity index (χ2n) is 6.74. The molecule has 1 heterocycles. The molecule has 1 aliphatic rings. The van der Waals surface area contributed by atoms with Gasteiger partial charge in [-0.05, 0) is 24.1 Å². The molecule has 0 aliphatic carbocycles. The van der Waals surface area contributed by atoms with Gasteiger partial charge in [0.15, 0.2) is 0 Å². The van der Waals surface area contributed by atoms with Gasteiger partial charge in [-0.3, -0.25) is 14.6 Å². The smallest absolute Gasteiger partial charge is 0.254 e. The van der Waals surface area contributed by atoms with E-state index in [4.69, 9.17) is 11.6 Å². The van der Waals surface area contributed by atoms with Crippen LogP contribution >= 0.6 is 11.6 Å². The molecule has 0 unspecified atom stereocenters. The van der Waals surface area contributed by atoms with Crippen molar-refractivity contribution in [2.75, 3.05) is 32.7 Å². The lowest BCUT2D eigenvalue weighted by atomic mass is 10.1. The summed E-state index contributed by atoms with van der Waals surface area (Å²) in [5.41, 5.74) is 5.62. The van der Waals surface area contributed by atoms with Gasteiger partial charge in [0.25, 0.3) is 5.91 Å². The number of rotatable bonds is 6. The van der Waals surface area contributed by atoms with Crippen molar-refractivity contribution in [3.8, 4) is 0 Å². The van der Waals surface area contributed by atoms with Gasteiger partial charge < -0.3 is 0 Å². The first-order valence-electron chi connectivity index (χ1n) is 9.18. The maximum absolute atomic E-state index is 12.2. The topological polar surface area (TPSA) is 47.9 Å². The summed E-state index contributed by atoms with van der Waals surface area (Å²) in [6.07, 6.45) is 0. The van der Waals surface area contributed by atoms with Crippen LogP contribution in [0.1, 0.15) is 18.1 Å². The van der Waals surface area contributed by atoms with Gasteiger partial charge in [0.1, 0.15) is 0 Å². The summed E-state index contributed by atoms with van der Waals surface area (Å²) in [5.74, 6) is -0.0789. The Morgan fingerprint density at radius 2 is 1.63 bits per heavy atom. The van der Waals surface area contributed by atoms with Gasteiger partial charge in [-0.25, -0.2) is 5.43 Å². The van der Waals surface area contributed by atoms with E-state index in [0.29, 0.717) is 6.54 Å². The number of hydrogen-bond acceptors (Lipinski definition) is 4. The van der Waals surface area contributed by atoms with Crippen molar-refractivity contribution in [2.45, 2.75) is 13.5 Å². The molecule has 0 atom stereocenters. The monoisotopic (exact) mass is 384 g/mol. The van der Waals surface area contributed by atoms with Crippen LogP contribution in [0.4, 0.5) is 0 Å². The second kappa shape index (κ2) is 9.65. The molecule has 5 nitrogen and oxygen atoms in total. The van der Waals surface area contributed by atoms with E-state index in [9.17, 15) is 4.79 Å². The number of hydrogen-bond donors (Lipinski definition) is 1. The number of hydrazone groups is 1. The van der Waals surface area contributed by atoms with E-state index in [1.165, 1.54) is 0 Å². The van der Waals surface area contributed by atoms with Gasteiger partial charge in [-0.1, -0.05) is 60.1 Å². The van der Waals surface area contributed by atoms with E-state index >= 15 is 0 Å². The molecular formula is C21H25ClN4O. The predicted molar refractivity (Wildman–Crippen MR) is 110 cm³/mol. The number of amides is 1. The molecule has 0 aromatic heterocycles. The fourth-order valence-electron chi connectivity index (χ4n) is 3.10. The molecule has 27 heavy (non-hydrogen) atoms. The van der Waals surface area contributed by atoms with Gasteiger partial charge in [-0.15, -0.1) is 0 Å². The SMILES string of the molecule is CC(=NNC(=O)CN1CCN(Cc2ccccc2Cl)CC1)c1ccccc1. The van der Waals surface area contributed by atoms with E-state index in [2.05, 4.69) is 26.4 Å². The minimum Gasteiger partial charge on any atom is -0.296 e. The van der Waals surface area contributed by atoms with Crippen LogP contribution in [0.25, 0.3) is 0 Å². The zero-order chi connectivity index (χ0) is 19.1. The van der Waals surface area contributed by atoms with Crippen molar-refractivity contribution < 1.29 is 4.79 Å². The molecule has 1 saturated heterocycles. The summed E-state index contributed by atoms with van der Waals surface area (Å²) in [4.78, 5) is 16.7. The molecule has 0 saturated carbocycles. The van der Waals surface area contributed by atoms with Gasteiger partial charge in [-0.2, -0.15) is 5.10 Å². The summed E-state index contributed by atoms with van der Waals surface area (Å²) < 4.78 is 0. The second-order valence-corrected chi connectivity index (χ2v) is 7.15. The lowest BCUT2D eigenvalue weighted by Gasteiger charge is -2.34. The van der Waals surface area contributed by atoms with Gasteiger partial charge in [0.05, 0.1) is 12.3 Å². The molecule has 6 heteroatoms. The average molecular weight is 385 g/mol. The minimum atomic E-state index is -0.0789. The van der Waals surface area contributed by atoms with Crippen LogP contribution < -0.4 is 5.43 Å². The highest BCUT2D eigenvalue weighted by molar-refractivity contribution is 6.31. The van der Waals surface area contributed by atoms with Crippen molar-refractivity contribution in [2.24, 2.45) is 5.10 Å². The van der Waals surface area contributed by atoms with E-state index in [0.717, 1.165) is 54.6 Å². The summed E-state index contributed by atoms with van der Waals surface area (Å²) in [6, 6.07) is 17.8. The molecule has 1 fully saturated rings. The predicted octanol–water partition coefficient (Wildman–Crippen LogP) is 3.00. The third-order valence-corrected chi connectivity index (χ3v) is 5.09. The first-order chi connectivity index (χ1) is 13.1. The van der Waals surface area contributed by atoms with Crippen LogP contribution in [-0.2, 0) is 11.3 Å². The Morgan fingerprint density at radius 3 is 2.33 bits per heavy atom. The molecule has 2 aromatic rings. The van der Waals surface area contributed by atoms with Gasteiger partial charge >= 0.3 is 0 Å². The van der Waals surface area contributed by atoms with Crippen LogP contribution in [0.3, 0.4) is 0 Å².